The SMILES string of the molecule is Nc1ccn(-c2ccc3ccccc3c2)c(=O)n1. The van der Waals surface area contributed by atoms with E-state index in [4.69, 9.17) is 5.73 Å². The van der Waals surface area contributed by atoms with Gasteiger partial charge in [0.2, 0.25) is 0 Å². The predicted octanol–water partition coefficient (Wildman–Crippen LogP) is 1.97. The zero-order chi connectivity index (χ0) is 12.5. The second-order valence-electron chi connectivity index (χ2n) is 4.04. The van der Waals surface area contributed by atoms with E-state index in [0.717, 1.165) is 16.5 Å². The molecule has 0 aliphatic carbocycles. The average molecular weight is 237 g/mol. The Balaban J connectivity index is 2.22. The third-order valence-electron chi connectivity index (χ3n) is 2.84. The number of nitrogen functional groups attached to an aromatic ring is 1. The molecule has 1 heterocycles. The summed E-state index contributed by atoms with van der Waals surface area (Å²) >= 11 is 0. The van der Waals surface area contributed by atoms with E-state index in [0.29, 0.717) is 0 Å². The Labute approximate surface area is 103 Å². The zero-order valence-electron chi connectivity index (χ0n) is 9.58. The molecule has 0 atom stereocenters. The summed E-state index contributed by atoms with van der Waals surface area (Å²) in [4.78, 5) is 15.5. The third kappa shape index (κ3) is 1.73. The molecular weight excluding hydrogens is 226 g/mol. The Hall–Kier alpha value is -2.62. The minimum atomic E-state index is -0.370. The van der Waals surface area contributed by atoms with Crippen LogP contribution in [0.1, 0.15) is 0 Å². The van der Waals surface area contributed by atoms with Gasteiger partial charge < -0.3 is 5.73 Å². The smallest absolute Gasteiger partial charge is 0.354 e. The highest BCUT2D eigenvalue weighted by Gasteiger charge is 2.02. The second kappa shape index (κ2) is 4.00. The van der Waals surface area contributed by atoms with Crippen LogP contribution in [0, 0.1) is 0 Å². The molecule has 88 valence electrons. The van der Waals surface area contributed by atoms with E-state index >= 15 is 0 Å². The van der Waals surface area contributed by atoms with Gasteiger partial charge in [-0.3, -0.25) is 4.57 Å². The maximum atomic E-state index is 11.7. The zero-order valence-corrected chi connectivity index (χ0v) is 9.58. The van der Waals surface area contributed by atoms with Crippen LogP contribution >= 0.6 is 0 Å². The fourth-order valence-electron chi connectivity index (χ4n) is 1.94. The molecular formula is C14H11N3O. The van der Waals surface area contributed by atoms with Gasteiger partial charge in [0.25, 0.3) is 0 Å². The number of anilines is 1. The van der Waals surface area contributed by atoms with Gasteiger partial charge in [-0.1, -0.05) is 30.3 Å². The average Bonchev–Trinajstić information content (AvgIpc) is 2.38. The van der Waals surface area contributed by atoms with Gasteiger partial charge in [0.1, 0.15) is 5.82 Å². The first kappa shape index (κ1) is 10.5. The highest BCUT2D eigenvalue weighted by Crippen LogP contribution is 2.17. The Morgan fingerprint density at radius 1 is 1.00 bits per heavy atom. The summed E-state index contributed by atoms with van der Waals surface area (Å²) in [5.74, 6) is 0.233. The van der Waals surface area contributed by atoms with Crippen LogP contribution in [-0.4, -0.2) is 9.55 Å². The van der Waals surface area contributed by atoms with E-state index in [1.807, 2.05) is 42.5 Å². The Morgan fingerprint density at radius 3 is 2.56 bits per heavy atom. The molecule has 0 saturated carbocycles. The molecule has 0 fully saturated rings. The standard InChI is InChI=1S/C14H11N3O/c15-13-7-8-17(14(18)16-13)12-6-5-10-3-1-2-4-11(10)9-12/h1-9H,(H2,15,16,18). The van der Waals surface area contributed by atoms with Crippen molar-refractivity contribution < 1.29 is 0 Å². The van der Waals surface area contributed by atoms with Gasteiger partial charge in [-0.05, 0) is 29.0 Å². The fraction of sp³-hybridized carbons (Fsp3) is 0. The van der Waals surface area contributed by atoms with Crippen LogP contribution in [0.3, 0.4) is 0 Å². The van der Waals surface area contributed by atoms with Gasteiger partial charge in [0.15, 0.2) is 0 Å². The van der Waals surface area contributed by atoms with E-state index in [1.54, 1.807) is 12.3 Å². The number of hydrogen-bond acceptors (Lipinski definition) is 3. The first-order valence-corrected chi connectivity index (χ1v) is 5.58. The van der Waals surface area contributed by atoms with Crippen LogP contribution in [0.15, 0.2) is 59.5 Å². The first-order valence-electron chi connectivity index (χ1n) is 5.58. The number of benzene rings is 2. The summed E-state index contributed by atoms with van der Waals surface area (Å²) in [6.07, 6.45) is 1.63. The van der Waals surface area contributed by atoms with Crippen LogP contribution in [0.5, 0.6) is 0 Å². The minimum Gasteiger partial charge on any atom is -0.383 e. The van der Waals surface area contributed by atoms with Gasteiger partial charge in [-0.2, -0.15) is 4.98 Å². The highest BCUT2D eigenvalue weighted by molar-refractivity contribution is 5.84. The van der Waals surface area contributed by atoms with Gasteiger partial charge in [0, 0.05) is 6.20 Å². The molecule has 0 radical (unpaired) electrons. The minimum absolute atomic E-state index is 0.233. The number of nitrogens with zero attached hydrogens (tertiary/aromatic N) is 2. The molecule has 0 saturated heterocycles. The van der Waals surface area contributed by atoms with E-state index in [-0.39, 0.29) is 11.5 Å². The largest absolute Gasteiger partial charge is 0.383 e. The van der Waals surface area contributed by atoms with Gasteiger partial charge in [-0.25, -0.2) is 4.79 Å². The molecule has 18 heavy (non-hydrogen) atoms. The van der Waals surface area contributed by atoms with Crippen molar-refractivity contribution in [3.05, 3.63) is 65.2 Å². The molecule has 3 aromatic rings. The Morgan fingerprint density at radius 2 is 1.78 bits per heavy atom. The summed E-state index contributed by atoms with van der Waals surface area (Å²) in [5, 5.41) is 2.22. The monoisotopic (exact) mass is 237 g/mol. The lowest BCUT2D eigenvalue weighted by molar-refractivity contribution is 0.921. The maximum Gasteiger partial charge on any atom is 0.354 e. The van der Waals surface area contributed by atoms with Crippen molar-refractivity contribution >= 4 is 16.6 Å². The number of hydrogen-bond donors (Lipinski definition) is 1. The predicted molar refractivity (Wildman–Crippen MR) is 71.8 cm³/mol. The van der Waals surface area contributed by atoms with Crippen LogP contribution in [0.25, 0.3) is 16.5 Å². The highest BCUT2D eigenvalue weighted by atomic mass is 16.1. The van der Waals surface area contributed by atoms with Crippen molar-refractivity contribution in [3.8, 4) is 5.69 Å². The molecule has 0 bridgehead atoms. The molecule has 1 aromatic heterocycles. The lowest BCUT2D eigenvalue weighted by Gasteiger charge is -2.06. The maximum absolute atomic E-state index is 11.7. The number of fused-ring (bicyclic) bond motifs is 1. The van der Waals surface area contributed by atoms with Crippen molar-refractivity contribution in [2.24, 2.45) is 0 Å². The van der Waals surface area contributed by atoms with Gasteiger partial charge in [0.05, 0.1) is 5.69 Å². The summed E-state index contributed by atoms with van der Waals surface area (Å²) < 4.78 is 1.48. The molecule has 0 spiro atoms. The molecule has 0 amide bonds. The summed E-state index contributed by atoms with van der Waals surface area (Å²) in [6, 6.07) is 15.4. The normalized spacial score (nSPS) is 10.7. The molecule has 4 heteroatoms. The number of nitrogens with two attached hydrogens (primary N) is 1. The van der Waals surface area contributed by atoms with E-state index in [1.165, 1.54) is 4.57 Å². The van der Waals surface area contributed by atoms with Gasteiger partial charge >= 0.3 is 5.69 Å². The summed E-state index contributed by atoms with van der Waals surface area (Å²) in [5.41, 5.74) is 5.89. The number of aromatic nitrogens is 2. The Bertz CT molecular complexity index is 777. The summed E-state index contributed by atoms with van der Waals surface area (Å²) in [6.45, 7) is 0. The van der Waals surface area contributed by atoms with Crippen LogP contribution in [0.4, 0.5) is 5.82 Å². The summed E-state index contributed by atoms with van der Waals surface area (Å²) in [7, 11) is 0. The van der Waals surface area contributed by atoms with Gasteiger partial charge in [-0.15, -0.1) is 0 Å². The van der Waals surface area contributed by atoms with E-state index in [2.05, 4.69) is 4.98 Å². The lowest BCUT2D eigenvalue weighted by Crippen LogP contribution is -2.21. The Kier molecular flexibility index (Phi) is 2.34. The van der Waals surface area contributed by atoms with Crippen LogP contribution in [-0.2, 0) is 0 Å². The molecule has 4 nitrogen and oxygen atoms in total. The topological polar surface area (TPSA) is 60.9 Å². The van der Waals surface area contributed by atoms with Crippen LogP contribution < -0.4 is 11.4 Å². The molecule has 0 aliphatic rings. The van der Waals surface area contributed by atoms with Crippen LogP contribution in [0.2, 0.25) is 0 Å². The second-order valence-corrected chi connectivity index (χ2v) is 4.04. The number of rotatable bonds is 1. The third-order valence-corrected chi connectivity index (χ3v) is 2.84. The van der Waals surface area contributed by atoms with E-state index in [9.17, 15) is 4.79 Å². The van der Waals surface area contributed by atoms with Crippen molar-refractivity contribution in [1.29, 1.82) is 0 Å². The van der Waals surface area contributed by atoms with Crippen molar-refractivity contribution in [3.63, 3.8) is 0 Å². The first-order chi connectivity index (χ1) is 8.74. The van der Waals surface area contributed by atoms with Crippen molar-refractivity contribution in [2.75, 3.05) is 5.73 Å². The van der Waals surface area contributed by atoms with E-state index < -0.39 is 0 Å². The fourth-order valence-corrected chi connectivity index (χ4v) is 1.94. The quantitative estimate of drug-likeness (QED) is 0.703. The molecule has 3 rings (SSSR count). The molecule has 2 N–H and O–H groups in total. The molecule has 0 aliphatic heterocycles. The molecule has 2 aromatic carbocycles. The molecule has 0 unspecified atom stereocenters. The van der Waals surface area contributed by atoms with Crippen molar-refractivity contribution in [1.82, 2.24) is 9.55 Å². The lowest BCUT2D eigenvalue weighted by atomic mass is 10.1. The van der Waals surface area contributed by atoms with Crippen molar-refractivity contribution in [2.45, 2.75) is 0 Å².